The first-order chi connectivity index (χ1) is 6.79. The molecule has 1 N–H and O–H groups in total. The first-order valence-electron chi connectivity index (χ1n) is 4.77. The van der Waals surface area contributed by atoms with Gasteiger partial charge < -0.3 is 5.32 Å². The zero-order valence-electron chi connectivity index (χ0n) is 7.81. The smallest absolute Gasteiger partial charge is 0.225 e. The van der Waals surface area contributed by atoms with E-state index in [1.165, 1.54) is 29.7 Å². The van der Waals surface area contributed by atoms with Crippen molar-refractivity contribution in [1.29, 1.82) is 0 Å². The van der Waals surface area contributed by atoms with Crippen molar-refractivity contribution in [1.82, 2.24) is 0 Å². The van der Waals surface area contributed by atoms with Gasteiger partial charge in [0.15, 0.2) is 0 Å². The Labute approximate surface area is 95.8 Å². The SMILES string of the molecule is O=C(CCBr)Nc1cc2c(s1)CCC2. The van der Waals surface area contributed by atoms with Gasteiger partial charge in [-0.05, 0) is 30.9 Å². The van der Waals surface area contributed by atoms with Crippen molar-refractivity contribution >= 4 is 38.2 Å². The van der Waals surface area contributed by atoms with E-state index in [4.69, 9.17) is 0 Å². The highest BCUT2D eigenvalue weighted by Gasteiger charge is 2.15. The van der Waals surface area contributed by atoms with E-state index in [9.17, 15) is 4.79 Å². The number of hydrogen-bond acceptors (Lipinski definition) is 2. The summed E-state index contributed by atoms with van der Waals surface area (Å²) in [5, 5.41) is 4.66. The molecule has 0 spiro atoms. The van der Waals surface area contributed by atoms with Gasteiger partial charge in [-0.2, -0.15) is 0 Å². The van der Waals surface area contributed by atoms with Gasteiger partial charge in [0, 0.05) is 16.6 Å². The zero-order chi connectivity index (χ0) is 9.97. The summed E-state index contributed by atoms with van der Waals surface area (Å²) in [4.78, 5) is 12.8. The van der Waals surface area contributed by atoms with Crippen LogP contribution in [0.4, 0.5) is 5.00 Å². The number of carbonyl (C=O) groups excluding carboxylic acids is 1. The van der Waals surface area contributed by atoms with Crippen molar-refractivity contribution in [3.8, 4) is 0 Å². The van der Waals surface area contributed by atoms with Crippen LogP contribution in [0.2, 0.25) is 0 Å². The van der Waals surface area contributed by atoms with E-state index in [-0.39, 0.29) is 5.91 Å². The van der Waals surface area contributed by atoms with E-state index in [0.29, 0.717) is 6.42 Å². The molecule has 1 aromatic rings. The average molecular weight is 274 g/mol. The molecule has 0 unspecified atom stereocenters. The van der Waals surface area contributed by atoms with Gasteiger partial charge in [0.2, 0.25) is 5.91 Å². The molecule has 2 nitrogen and oxygen atoms in total. The van der Waals surface area contributed by atoms with Crippen LogP contribution in [0.25, 0.3) is 0 Å². The van der Waals surface area contributed by atoms with E-state index in [1.807, 2.05) is 0 Å². The van der Waals surface area contributed by atoms with Crippen LogP contribution in [-0.2, 0) is 17.6 Å². The molecule has 0 saturated heterocycles. The van der Waals surface area contributed by atoms with E-state index in [2.05, 4.69) is 27.3 Å². The third-order valence-electron chi connectivity index (χ3n) is 2.33. The largest absolute Gasteiger partial charge is 0.318 e. The predicted molar refractivity (Wildman–Crippen MR) is 63.4 cm³/mol. The Hall–Kier alpha value is -0.350. The molecule has 0 bridgehead atoms. The van der Waals surface area contributed by atoms with Crippen molar-refractivity contribution in [2.75, 3.05) is 10.6 Å². The van der Waals surface area contributed by atoms with Gasteiger partial charge in [0.25, 0.3) is 0 Å². The Kier molecular flexibility index (Phi) is 3.23. The summed E-state index contributed by atoms with van der Waals surface area (Å²) in [6.07, 6.45) is 4.19. The molecule has 14 heavy (non-hydrogen) atoms. The quantitative estimate of drug-likeness (QED) is 0.843. The lowest BCUT2D eigenvalue weighted by Gasteiger charge is -1.99. The third-order valence-corrected chi connectivity index (χ3v) is 3.88. The van der Waals surface area contributed by atoms with Gasteiger partial charge in [0.1, 0.15) is 0 Å². The summed E-state index contributed by atoms with van der Waals surface area (Å²) in [7, 11) is 0. The van der Waals surface area contributed by atoms with E-state index in [0.717, 1.165) is 10.3 Å². The lowest BCUT2D eigenvalue weighted by Crippen LogP contribution is -2.10. The summed E-state index contributed by atoms with van der Waals surface area (Å²) in [6.45, 7) is 0. The molecule has 0 saturated carbocycles. The minimum Gasteiger partial charge on any atom is -0.318 e. The maximum atomic E-state index is 11.3. The van der Waals surface area contributed by atoms with Gasteiger partial charge in [-0.3, -0.25) is 4.79 Å². The van der Waals surface area contributed by atoms with Gasteiger partial charge in [0.05, 0.1) is 5.00 Å². The summed E-state index contributed by atoms with van der Waals surface area (Å²) in [6, 6.07) is 2.12. The van der Waals surface area contributed by atoms with Crippen molar-refractivity contribution in [2.45, 2.75) is 25.7 Å². The normalized spacial score (nSPS) is 14.1. The molecule has 2 rings (SSSR count). The highest BCUT2D eigenvalue weighted by atomic mass is 79.9. The molecule has 76 valence electrons. The minimum absolute atomic E-state index is 0.0989. The Bertz CT molecular complexity index is 326. The number of alkyl halides is 1. The molecule has 0 fully saturated rings. The van der Waals surface area contributed by atoms with Crippen LogP contribution in [0.15, 0.2) is 6.07 Å². The van der Waals surface area contributed by atoms with Crippen molar-refractivity contribution in [2.24, 2.45) is 0 Å². The topological polar surface area (TPSA) is 29.1 Å². The first kappa shape index (κ1) is 10.2. The van der Waals surface area contributed by atoms with E-state index < -0.39 is 0 Å². The lowest BCUT2D eigenvalue weighted by atomic mass is 10.3. The number of fused-ring (bicyclic) bond motifs is 1. The minimum atomic E-state index is 0.0989. The van der Waals surface area contributed by atoms with E-state index >= 15 is 0 Å². The number of halogens is 1. The summed E-state index contributed by atoms with van der Waals surface area (Å²) < 4.78 is 0. The third kappa shape index (κ3) is 2.17. The molecular weight excluding hydrogens is 262 g/mol. The van der Waals surface area contributed by atoms with Crippen molar-refractivity contribution in [3.63, 3.8) is 0 Å². The summed E-state index contributed by atoms with van der Waals surface area (Å²) in [5.41, 5.74) is 1.43. The molecule has 0 radical (unpaired) electrons. The Morgan fingerprint density at radius 1 is 1.57 bits per heavy atom. The number of aryl methyl sites for hydroxylation is 2. The second kappa shape index (κ2) is 4.45. The molecule has 0 atom stereocenters. The van der Waals surface area contributed by atoms with Gasteiger partial charge in [-0.1, -0.05) is 15.9 Å². The lowest BCUT2D eigenvalue weighted by molar-refractivity contribution is -0.115. The fraction of sp³-hybridized carbons (Fsp3) is 0.500. The Morgan fingerprint density at radius 3 is 3.14 bits per heavy atom. The zero-order valence-corrected chi connectivity index (χ0v) is 10.2. The van der Waals surface area contributed by atoms with Crippen molar-refractivity contribution in [3.05, 3.63) is 16.5 Å². The fourth-order valence-corrected chi connectivity index (χ4v) is 3.21. The highest BCUT2D eigenvalue weighted by Crippen LogP contribution is 2.33. The maximum Gasteiger partial charge on any atom is 0.225 e. The number of thiophene rings is 1. The molecular formula is C10H12BrNOS. The number of carbonyl (C=O) groups is 1. The first-order valence-corrected chi connectivity index (χ1v) is 6.71. The molecule has 0 aliphatic heterocycles. The average Bonchev–Trinajstić information content (AvgIpc) is 2.63. The second-order valence-electron chi connectivity index (χ2n) is 3.40. The Morgan fingerprint density at radius 2 is 2.43 bits per heavy atom. The standard InChI is InChI=1S/C10H12BrNOS/c11-5-4-9(13)12-10-6-7-2-1-3-8(7)14-10/h6H,1-5H2,(H,12,13). The number of anilines is 1. The van der Waals surface area contributed by atoms with Crippen LogP contribution in [0, 0.1) is 0 Å². The van der Waals surface area contributed by atoms with Gasteiger partial charge in [-0.25, -0.2) is 0 Å². The van der Waals surface area contributed by atoms with Crippen LogP contribution < -0.4 is 5.32 Å². The fourth-order valence-electron chi connectivity index (χ4n) is 1.68. The number of rotatable bonds is 3. The second-order valence-corrected chi connectivity index (χ2v) is 5.33. The van der Waals surface area contributed by atoms with Crippen LogP contribution in [-0.4, -0.2) is 11.2 Å². The highest BCUT2D eigenvalue weighted by molar-refractivity contribution is 9.09. The van der Waals surface area contributed by atoms with Crippen LogP contribution in [0.3, 0.4) is 0 Å². The molecule has 1 aliphatic carbocycles. The Balaban J connectivity index is 2.00. The number of amides is 1. The van der Waals surface area contributed by atoms with Gasteiger partial charge >= 0.3 is 0 Å². The number of hydrogen-bond donors (Lipinski definition) is 1. The monoisotopic (exact) mass is 273 g/mol. The number of nitrogens with one attached hydrogen (secondary N) is 1. The van der Waals surface area contributed by atoms with Crippen LogP contribution in [0.5, 0.6) is 0 Å². The molecule has 1 aromatic heterocycles. The summed E-state index contributed by atoms with van der Waals surface area (Å²) >= 11 is 4.98. The molecule has 1 amide bonds. The molecule has 4 heteroatoms. The molecule has 1 heterocycles. The molecule has 0 aromatic carbocycles. The van der Waals surface area contributed by atoms with Crippen LogP contribution in [0.1, 0.15) is 23.3 Å². The van der Waals surface area contributed by atoms with Crippen molar-refractivity contribution < 1.29 is 4.79 Å². The molecule has 1 aliphatic rings. The van der Waals surface area contributed by atoms with E-state index in [1.54, 1.807) is 11.3 Å². The van der Waals surface area contributed by atoms with Crippen LogP contribution >= 0.6 is 27.3 Å². The maximum absolute atomic E-state index is 11.3. The predicted octanol–water partition coefficient (Wildman–Crippen LogP) is 2.96. The van der Waals surface area contributed by atoms with Gasteiger partial charge in [-0.15, -0.1) is 11.3 Å². The summed E-state index contributed by atoms with van der Waals surface area (Å²) in [5.74, 6) is 0.0989.